The SMILES string of the molecule is C=CC1=C(C)C(c2ccc(C)cc2)C(C)=C1. The van der Waals surface area contributed by atoms with Crippen molar-refractivity contribution in [2.75, 3.05) is 0 Å². The minimum atomic E-state index is 0.452. The zero-order valence-electron chi connectivity index (χ0n) is 10.2. The van der Waals surface area contributed by atoms with Crippen molar-refractivity contribution in [1.82, 2.24) is 0 Å². The summed E-state index contributed by atoms with van der Waals surface area (Å²) in [6.07, 6.45) is 4.19. The summed E-state index contributed by atoms with van der Waals surface area (Å²) < 4.78 is 0. The number of rotatable bonds is 2. The number of aryl methyl sites for hydroxylation is 1. The summed E-state index contributed by atoms with van der Waals surface area (Å²) in [4.78, 5) is 0. The first-order valence-electron chi connectivity index (χ1n) is 5.71. The third-order valence-electron chi connectivity index (χ3n) is 3.36. The monoisotopic (exact) mass is 210 g/mol. The molecule has 82 valence electrons. The zero-order chi connectivity index (χ0) is 11.7. The van der Waals surface area contributed by atoms with Gasteiger partial charge in [0.2, 0.25) is 0 Å². The van der Waals surface area contributed by atoms with Gasteiger partial charge in [-0.3, -0.25) is 0 Å². The molecular formula is C16H18. The molecule has 1 aromatic rings. The molecule has 0 saturated heterocycles. The molecule has 0 bridgehead atoms. The van der Waals surface area contributed by atoms with Gasteiger partial charge in [0.1, 0.15) is 0 Å². The highest BCUT2D eigenvalue weighted by Crippen LogP contribution is 2.39. The van der Waals surface area contributed by atoms with Gasteiger partial charge in [0.15, 0.2) is 0 Å². The number of allylic oxidation sites excluding steroid dienone is 5. The number of hydrogen-bond donors (Lipinski definition) is 0. The average Bonchev–Trinajstić information content (AvgIpc) is 2.56. The lowest BCUT2D eigenvalue weighted by molar-refractivity contribution is 0.940. The summed E-state index contributed by atoms with van der Waals surface area (Å²) in [5, 5.41) is 0. The van der Waals surface area contributed by atoms with Crippen molar-refractivity contribution in [3.05, 3.63) is 70.8 Å². The van der Waals surface area contributed by atoms with Crippen LogP contribution < -0.4 is 0 Å². The van der Waals surface area contributed by atoms with E-state index in [2.05, 4.69) is 57.7 Å². The first-order chi connectivity index (χ1) is 7.63. The average molecular weight is 210 g/mol. The Labute approximate surface area is 98.0 Å². The molecule has 0 saturated carbocycles. The Kier molecular flexibility index (Phi) is 2.82. The maximum absolute atomic E-state index is 3.87. The van der Waals surface area contributed by atoms with Gasteiger partial charge in [-0.15, -0.1) is 0 Å². The van der Waals surface area contributed by atoms with Gasteiger partial charge >= 0.3 is 0 Å². The predicted octanol–water partition coefficient (Wildman–Crippen LogP) is 4.54. The second kappa shape index (κ2) is 4.13. The smallest absolute Gasteiger partial charge is 0.0264 e. The third-order valence-corrected chi connectivity index (χ3v) is 3.36. The molecule has 0 heteroatoms. The zero-order valence-corrected chi connectivity index (χ0v) is 10.2. The van der Waals surface area contributed by atoms with Crippen LogP contribution in [-0.4, -0.2) is 0 Å². The maximum Gasteiger partial charge on any atom is 0.0264 e. The lowest BCUT2D eigenvalue weighted by Gasteiger charge is -2.15. The fourth-order valence-corrected chi connectivity index (χ4v) is 2.44. The van der Waals surface area contributed by atoms with Gasteiger partial charge in [-0.1, -0.05) is 59.7 Å². The summed E-state index contributed by atoms with van der Waals surface area (Å²) in [6, 6.07) is 8.82. The van der Waals surface area contributed by atoms with Crippen molar-refractivity contribution in [3.63, 3.8) is 0 Å². The Hall–Kier alpha value is -1.56. The van der Waals surface area contributed by atoms with Gasteiger partial charge in [-0.2, -0.15) is 0 Å². The normalized spacial score (nSPS) is 19.9. The molecule has 2 rings (SSSR count). The van der Waals surface area contributed by atoms with E-state index in [9.17, 15) is 0 Å². The molecular weight excluding hydrogens is 192 g/mol. The fourth-order valence-electron chi connectivity index (χ4n) is 2.44. The van der Waals surface area contributed by atoms with Crippen LogP contribution in [0.5, 0.6) is 0 Å². The Balaban J connectivity index is 2.43. The van der Waals surface area contributed by atoms with Crippen molar-refractivity contribution in [3.8, 4) is 0 Å². The van der Waals surface area contributed by atoms with Gasteiger partial charge in [-0.25, -0.2) is 0 Å². The molecule has 1 atom stereocenters. The van der Waals surface area contributed by atoms with Crippen LogP contribution in [0.15, 0.2) is 59.7 Å². The highest BCUT2D eigenvalue weighted by Gasteiger charge is 2.22. The molecule has 1 aliphatic carbocycles. The molecule has 1 aliphatic rings. The molecule has 0 nitrogen and oxygen atoms in total. The van der Waals surface area contributed by atoms with Crippen molar-refractivity contribution in [1.29, 1.82) is 0 Å². The fraction of sp³-hybridized carbons (Fsp3) is 0.250. The predicted molar refractivity (Wildman–Crippen MR) is 70.6 cm³/mol. The van der Waals surface area contributed by atoms with Crippen LogP contribution in [0, 0.1) is 6.92 Å². The quantitative estimate of drug-likeness (QED) is 0.672. The van der Waals surface area contributed by atoms with E-state index in [1.807, 2.05) is 6.08 Å². The molecule has 0 aromatic heterocycles. The molecule has 0 amide bonds. The highest BCUT2D eigenvalue weighted by molar-refractivity contribution is 5.53. The van der Waals surface area contributed by atoms with Crippen LogP contribution in [0.3, 0.4) is 0 Å². The Bertz CT molecular complexity index is 469. The molecule has 0 spiro atoms. The van der Waals surface area contributed by atoms with E-state index in [0.29, 0.717) is 5.92 Å². The second-order valence-corrected chi connectivity index (χ2v) is 4.57. The molecule has 16 heavy (non-hydrogen) atoms. The van der Waals surface area contributed by atoms with Crippen LogP contribution in [-0.2, 0) is 0 Å². The van der Waals surface area contributed by atoms with E-state index in [1.54, 1.807) is 0 Å². The molecule has 0 heterocycles. The van der Waals surface area contributed by atoms with Gasteiger partial charge < -0.3 is 0 Å². The van der Waals surface area contributed by atoms with Gasteiger partial charge in [0.05, 0.1) is 0 Å². The second-order valence-electron chi connectivity index (χ2n) is 4.57. The summed E-state index contributed by atoms with van der Waals surface area (Å²) in [5.41, 5.74) is 6.80. The van der Waals surface area contributed by atoms with Gasteiger partial charge in [0, 0.05) is 5.92 Å². The van der Waals surface area contributed by atoms with E-state index in [4.69, 9.17) is 0 Å². The largest absolute Gasteiger partial charge is 0.0985 e. The van der Waals surface area contributed by atoms with Crippen molar-refractivity contribution >= 4 is 0 Å². The van der Waals surface area contributed by atoms with Crippen LogP contribution in [0.1, 0.15) is 30.9 Å². The molecule has 0 aliphatic heterocycles. The standard InChI is InChI=1S/C16H18/c1-5-14-10-12(3)16(13(14)4)15-8-6-11(2)7-9-15/h5-10,16H,1H2,2-4H3. The van der Waals surface area contributed by atoms with Crippen LogP contribution in [0.25, 0.3) is 0 Å². The molecule has 1 aromatic carbocycles. The van der Waals surface area contributed by atoms with Crippen molar-refractivity contribution < 1.29 is 0 Å². The minimum absolute atomic E-state index is 0.452. The summed E-state index contributed by atoms with van der Waals surface area (Å²) in [7, 11) is 0. The highest BCUT2D eigenvalue weighted by atomic mass is 14.3. The molecule has 0 fully saturated rings. The van der Waals surface area contributed by atoms with E-state index in [1.165, 1.54) is 27.8 Å². The summed E-state index contributed by atoms with van der Waals surface area (Å²) in [6.45, 7) is 10.4. The maximum atomic E-state index is 3.87. The van der Waals surface area contributed by atoms with Crippen LogP contribution >= 0.6 is 0 Å². The summed E-state index contributed by atoms with van der Waals surface area (Å²) in [5.74, 6) is 0.452. The Morgan fingerprint density at radius 2 is 1.69 bits per heavy atom. The topological polar surface area (TPSA) is 0 Å². The molecule has 0 N–H and O–H groups in total. The number of benzene rings is 1. The van der Waals surface area contributed by atoms with Crippen molar-refractivity contribution in [2.24, 2.45) is 0 Å². The first kappa shape index (κ1) is 10.9. The van der Waals surface area contributed by atoms with Crippen molar-refractivity contribution in [2.45, 2.75) is 26.7 Å². The van der Waals surface area contributed by atoms with Gasteiger partial charge in [0.25, 0.3) is 0 Å². The third kappa shape index (κ3) is 1.76. The van der Waals surface area contributed by atoms with E-state index in [0.717, 1.165) is 0 Å². The van der Waals surface area contributed by atoms with Crippen LogP contribution in [0.2, 0.25) is 0 Å². The van der Waals surface area contributed by atoms with Gasteiger partial charge in [-0.05, 0) is 31.9 Å². The van der Waals surface area contributed by atoms with E-state index in [-0.39, 0.29) is 0 Å². The van der Waals surface area contributed by atoms with E-state index < -0.39 is 0 Å². The number of hydrogen-bond acceptors (Lipinski definition) is 0. The minimum Gasteiger partial charge on any atom is -0.0985 e. The van der Waals surface area contributed by atoms with Crippen LogP contribution in [0.4, 0.5) is 0 Å². The molecule has 0 radical (unpaired) electrons. The van der Waals surface area contributed by atoms with E-state index >= 15 is 0 Å². The lowest BCUT2D eigenvalue weighted by atomic mass is 9.89. The first-order valence-corrected chi connectivity index (χ1v) is 5.71. The Morgan fingerprint density at radius 3 is 2.19 bits per heavy atom. The summed E-state index contributed by atoms with van der Waals surface area (Å²) >= 11 is 0. The Morgan fingerprint density at radius 1 is 1.06 bits per heavy atom. The lowest BCUT2D eigenvalue weighted by Crippen LogP contribution is -1.98. The molecule has 1 unspecified atom stereocenters.